The van der Waals surface area contributed by atoms with Gasteiger partial charge >= 0.3 is 0 Å². The molecule has 0 fully saturated rings. The standard InChI is InChI=1S/C17H18ClNO3/c1-11-14(18)7-5-9-16(11)22-10-17(21)19-15-8-4-3-6-13(15)12(2)20/h3-9,12,20H,10H2,1-2H3,(H,19,21). The van der Waals surface area contributed by atoms with Crippen LogP contribution in [0.2, 0.25) is 5.02 Å². The monoisotopic (exact) mass is 319 g/mol. The van der Waals surface area contributed by atoms with Gasteiger partial charge in [-0.2, -0.15) is 0 Å². The average Bonchev–Trinajstić information content (AvgIpc) is 2.49. The van der Waals surface area contributed by atoms with Gasteiger partial charge in [0.05, 0.1) is 6.10 Å². The lowest BCUT2D eigenvalue weighted by Crippen LogP contribution is -2.21. The third kappa shape index (κ3) is 4.00. The van der Waals surface area contributed by atoms with E-state index >= 15 is 0 Å². The van der Waals surface area contributed by atoms with Crippen molar-refractivity contribution < 1.29 is 14.6 Å². The summed E-state index contributed by atoms with van der Waals surface area (Å²) < 4.78 is 5.49. The Labute approximate surface area is 134 Å². The molecule has 4 nitrogen and oxygen atoms in total. The number of aliphatic hydroxyl groups excluding tert-OH is 1. The molecule has 0 saturated carbocycles. The predicted molar refractivity (Wildman–Crippen MR) is 87.4 cm³/mol. The molecule has 0 heterocycles. The van der Waals surface area contributed by atoms with Crippen molar-refractivity contribution in [3.05, 3.63) is 58.6 Å². The molecule has 2 N–H and O–H groups in total. The van der Waals surface area contributed by atoms with E-state index in [0.29, 0.717) is 22.0 Å². The minimum absolute atomic E-state index is 0.130. The normalized spacial score (nSPS) is 11.8. The summed E-state index contributed by atoms with van der Waals surface area (Å²) in [5.41, 5.74) is 2.03. The summed E-state index contributed by atoms with van der Waals surface area (Å²) in [6.07, 6.45) is -0.660. The number of hydrogen-bond donors (Lipinski definition) is 2. The highest BCUT2D eigenvalue weighted by Gasteiger charge is 2.11. The van der Waals surface area contributed by atoms with Gasteiger partial charge in [0.1, 0.15) is 5.75 Å². The summed E-state index contributed by atoms with van der Waals surface area (Å²) in [5, 5.41) is 13.0. The average molecular weight is 320 g/mol. The Hall–Kier alpha value is -2.04. The number of carbonyl (C=O) groups is 1. The van der Waals surface area contributed by atoms with Gasteiger partial charge in [-0.25, -0.2) is 0 Å². The van der Waals surface area contributed by atoms with Crippen LogP contribution in [0.1, 0.15) is 24.2 Å². The highest BCUT2D eigenvalue weighted by atomic mass is 35.5. The minimum atomic E-state index is -0.660. The van der Waals surface area contributed by atoms with Crippen molar-refractivity contribution in [1.82, 2.24) is 0 Å². The lowest BCUT2D eigenvalue weighted by molar-refractivity contribution is -0.118. The molecule has 0 aliphatic rings. The van der Waals surface area contributed by atoms with E-state index in [1.165, 1.54) is 0 Å². The SMILES string of the molecule is Cc1c(Cl)cccc1OCC(=O)Nc1ccccc1C(C)O. The summed E-state index contributed by atoms with van der Waals surface area (Å²) in [7, 11) is 0. The Morgan fingerprint density at radius 1 is 1.27 bits per heavy atom. The molecule has 0 saturated heterocycles. The Kier molecular flexibility index (Phi) is 5.41. The van der Waals surface area contributed by atoms with Gasteiger partial charge in [-0.3, -0.25) is 4.79 Å². The van der Waals surface area contributed by atoms with Crippen LogP contribution < -0.4 is 10.1 Å². The van der Waals surface area contributed by atoms with Gasteiger partial charge < -0.3 is 15.2 Å². The fourth-order valence-electron chi connectivity index (χ4n) is 2.05. The Morgan fingerprint density at radius 3 is 2.73 bits per heavy atom. The van der Waals surface area contributed by atoms with Crippen LogP contribution in [0.4, 0.5) is 5.69 Å². The number of carbonyl (C=O) groups excluding carboxylic acids is 1. The van der Waals surface area contributed by atoms with Crippen LogP contribution in [0.5, 0.6) is 5.75 Å². The van der Waals surface area contributed by atoms with Crippen LogP contribution in [-0.4, -0.2) is 17.6 Å². The maximum atomic E-state index is 12.0. The summed E-state index contributed by atoms with van der Waals surface area (Å²) >= 11 is 6.01. The number of nitrogens with one attached hydrogen (secondary N) is 1. The molecule has 5 heteroatoms. The van der Waals surface area contributed by atoms with Crippen LogP contribution >= 0.6 is 11.6 Å². The van der Waals surface area contributed by atoms with E-state index in [1.807, 2.05) is 13.0 Å². The quantitative estimate of drug-likeness (QED) is 0.883. The number of hydrogen-bond acceptors (Lipinski definition) is 3. The smallest absolute Gasteiger partial charge is 0.262 e. The molecule has 2 rings (SSSR count). The topological polar surface area (TPSA) is 58.6 Å². The van der Waals surface area contributed by atoms with E-state index in [9.17, 15) is 9.90 Å². The lowest BCUT2D eigenvalue weighted by Gasteiger charge is -2.14. The van der Waals surface area contributed by atoms with Gasteiger partial charge in [0.25, 0.3) is 5.91 Å². The molecule has 2 aromatic rings. The van der Waals surface area contributed by atoms with Crippen molar-refractivity contribution in [1.29, 1.82) is 0 Å². The molecule has 116 valence electrons. The number of rotatable bonds is 5. The Morgan fingerprint density at radius 2 is 2.00 bits per heavy atom. The van der Waals surface area contributed by atoms with Crippen LogP contribution in [0, 0.1) is 6.92 Å². The van der Waals surface area contributed by atoms with E-state index in [2.05, 4.69) is 5.32 Å². The predicted octanol–water partition coefficient (Wildman–Crippen LogP) is 3.72. The number of halogens is 1. The van der Waals surface area contributed by atoms with Crippen molar-refractivity contribution >= 4 is 23.2 Å². The third-order valence-electron chi connectivity index (χ3n) is 3.26. The highest BCUT2D eigenvalue weighted by Crippen LogP contribution is 2.25. The molecular weight excluding hydrogens is 302 g/mol. The number of anilines is 1. The van der Waals surface area contributed by atoms with E-state index < -0.39 is 6.10 Å². The maximum absolute atomic E-state index is 12.0. The van der Waals surface area contributed by atoms with Crippen molar-refractivity contribution in [2.75, 3.05) is 11.9 Å². The molecule has 0 aliphatic carbocycles. The molecule has 0 spiro atoms. The molecule has 0 bridgehead atoms. The van der Waals surface area contributed by atoms with Gasteiger partial charge in [0.15, 0.2) is 6.61 Å². The van der Waals surface area contributed by atoms with Crippen molar-refractivity contribution in [3.63, 3.8) is 0 Å². The van der Waals surface area contributed by atoms with Crippen molar-refractivity contribution in [2.45, 2.75) is 20.0 Å². The molecule has 2 aromatic carbocycles. The zero-order valence-electron chi connectivity index (χ0n) is 12.5. The zero-order valence-corrected chi connectivity index (χ0v) is 13.2. The van der Waals surface area contributed by atoms with Crippen LogP contribution in [0.15, 0.2) is 42.5 Å². The molecule has 0 aromatic heterocycles. The van der Waals surface area contributed by atoms with Gasteiger partial charge in [0.2, 0.25) is 0 Å². The Balaban J connectivity index is 2.01. The molecular formula is C17H18ClNO3. The van der Waals surface area contributed by atoms with Crippen LogP contribution in [-0.2, 0) is 4.79 Å². The second kappa shape index (κ2) is 7.29. The van der Waals surface area contributed by atoms with Gasteiger partial charge in [-0.15, -0.1) is 0 Å². The first kappa shape index (κ1) is 16.3. The maximum Gasteiger partial charge on any atom is 0.262 e. The second-order valence-electron chi connectivity index (χ2n) is 4.96. The molecule has 1 atom stereocenters. The minimum Gasteiger partial charge on any atom is -0.483 e. The fraction of sp³-hybridized carbons (Fsp3) is 0.235. The molecule has 1 amide bonds. The summed E-state index contributed by atoms with van der Waals surface area (Å²) in [5.74, 6) is 0.277. The zero-order chi connectivity index (χ0) is 16.1. The van der Waals surface area contributed by atoms with Crippen molar-refractivity contribution in [3.8, 4) is 5.75 Å². The number of benzene rings is 2. The number of ether oxygens (including phenoxy) is 1. The largest absolute Gasteiger partial charge is 0.483 e. The van der Waals surface area contributed by atoms with E-state index in [-0.39, 0.29) is 12.5 Å². The number of amides is 1. The highest BCUT2D eigenvalue weighted by molar-refractivity contribution is 6.31. The molecule has 0 aliphatic heterocycles. The third-order valence-corrected chi connectivity index (χ3v) is 3.67. The molecule has 22 heavy (non-hydrogen) atoms. The van der Waals surface area contributed by atoms with Crippen LogP contribution in [0.25, 0.3) is 0 Å². The summed E-state index contributed by atoms with van der Waals surface area (Å²) in [4.78, 5) is 12.0. The summed E-state index contributed by atoms with van der Waals surface area (Å²) in [6.45, 7) is 3.35. The van der Waals surface area contributed by atoms with Crippen LogP contribution in [0.3, 0.4) is 0 Å². The van der Waals surface area contributed by atoms with Gasteiger partial charge in [-0.05, 0) is 32.0 Å². The van der Waals surface area contributed by atoms with Gasteiger partial charge in [0, 0.05) is 21.8 Å². The first-order valence-electron chi connectivity index (χ1n) is 6.94. The van der Waals surface area contributed by atoms with E-state index in [4.69, 9.17) is 16.3 Å². The Bertz CT molecular complexity index is 671. The van der Waals surface area contributed by atoms with E-state index in [1.54, 1.807) is 43.3 Å². The van der Waals surface area contributed by atoms with Gasteiger partial charge in [-0.1, -0.05) is 35.9 Å². The lowest BCUT2D eigenvalue weighted by atomic mass is 10.1. The number of aliphatic hydroxyl groups is 1. The van der Waals surface area contributed by atoms with E-state index in [0.717, 1.165) is 5.56 Å². The van der Waals surface area contributed by atoms with Crippen molar-refractivity contribution in [2.24, 2.45) is 0 Å². The first-order valence-corrected chi connectivity index (χ1v) is 7.31. The number of para-hydroxylation sites is 1. The fourth-order valence-corrected chi connectivity index (χ4v) is 2.21. The molecule has 0 radical (unpaired) electrons. The first-order chi connectivity index (χ1) is 10.5. The molecule has 1 unspecified atom stereocenters. The summed E-state index contributed by atoms with van der Waals surface area (Å²) in [6, 6.07) is 12.4. The second-order valence-corrected chi connectivity index (χ2v) is 5.37.